The summed E-state index contributed by atoms with van der Waals surface area (Å²) in [4.78, 5) is 6.75. The molecule has 0 aromatic heterocycles. The summed E-state index contributed by atoms with van der Waals surface area (Å²) in [6, 6.07) is 8.01. The number of anilines is 1. The van der Waals surface area contributed by atoms with Crippen LogP contribution in [0.15, 0.2) is 157 Å². The summed E-state index contributed by atoms with van der Waals surface area (Å²) < 4.78 is 0. The molecule has 0 radical (unpaired) electrons. The second-order valence-electron chi connectivity index (χ2n) is 13.5. The van der Waals surface area contributed by atoms with Gasteiger partial charge >= 0.3 is 0 Å². The highest BCUT2D eigenvalue weighted by Gasteiger charge is 2.42. The molecule has 4 heteroatoms. The standard InChI is InChI=1S/C43H52N4.C3H8/c1-8-12-14-28-41(44)47(35(10-3)21-9-2)42(45-11-4)46-40-27-20-18-24-36(40)32(5)29-30-33-22-17-19-26-39-37(33)31-34-23-15-13-16-25-38(34)43(39,6)7;1-3-2/h8-10,12-16,18-20,22-24,26-27,29-30,35,37,39,44H,1-3,5,11,17,21,25,28,31H2,4,6-7H3,(H,45,46);3H2,1-2H3/b14-12-,30-29-,44-41?;. The minimum atomic E-state index is -0.177. The van der Waals surface area contributed by atoms with Gasteiger partial charge in [0, 0.05) is 24.2 Å². The molecular formula is C46H60N4. The Hall–Kier alpha value is -4.70. The average molecular weight is 669 g/mol. The minimum Gasteiger partial charge on any atom is -0.325 e. The highest BCUT2D eigenvalue weighted by molar-refractivity contribution is 6.07. The molecule has 0 amide bonds. The molecule has 4 nitrogen and oxygen atoms in total. The lowest BCUT2D eigenvalue weighted by atomic mass is 9.59. The lowest BCUT2D eigenvalue weighted by molar-refractivity contribution is 0.226. The van der Waals surface area contributed by atoms with Crippen LogP contribution in [-0.2, 0) is 0 Å². The van der Waals surface area contributed by atoms with Crippen LogP contribution in [0.1, 0.15) is 78.7 Å². The lowest BCUT2D eigenvalue weighted by Gasteiger charge is -2.45. The lowest BCUT2D eigenvalue weighted by Crippen LogP contribution is -2.46. The van der Waals surface area contributed by atoms with Crippen molar-refractivity contribution < 1.29 is 0 Å². The molecule has 0 bridgehead atoms. The predicted molar refractivity (Wildman–Crippen MR) is 222 cm³/mol. The van der Waals surface area contributed by atoms with E-state index in [9.17, 15) is 0 Å². The van der Waals surface area contributed by atoms with E-state index in [4.69, 9.17) is 10.4 Å². The van der Waals surface area contributed by atoms with Gasteiger partial charge in [-0.2, -0.15) is 0 Å². The largest absolute Gasteiger partial charge is 0.325 e. The van der Waals surface area contributed by atoms with E-state index in [-0.39, 0.29) is 11.5 Å². The van der Waals surface area contributed by atoms with Gasteiger partial charge in [0.05, 0.1) is 6.04 Å². The van der Waals surface area contributed by atoms with E-state index in [1.807, 2.05) is 54.3 Å². The van der Waals surface area contributed by atoms with E-state index < -0.39 is 0 Å². The molecule has 1 aromatic carbocycles. The molecule has 0 heterocycles. The van der Waals surface area contributed by atoms with Gasteiger partial charge in [0.25, 0.3) is 0 Å². The van der Waals surface area contributed by atoms with Crippen molar-refractivity contribution in [1.29, 1.82) is 5.41 Å². The molecule has 0 fully saturated rings. The molecule has 0 saturated carbocycles. The fourth-order valence-electron chi connectivity index (χ4n) is 7.02. The Morgan fingerprint density at radius 3 is 2.58 bits per heavy atom. The van der Waals surface area contributed by atoms with Crippen molar-refractivity contribution in [2.24, 2.45) is 22.2 Å². The Kier molecular flexibility index (Phi) is 16.0. The number of aliphatic imine (C=N–C) groups is 1. The number of fused-ring (bicyclic) bond motifs is 1. The Labute approximate surface area is 303 Å². The monoisotopic (exact) mass is 668 g/mol. The summed E-state index contributed by atoms with van der Waals surface area (Å²) in [6.45, 7) is 27.9. The summed E-state index contributed by atoms with van der Waals surface area (Å²) >= 11 is 0. The van der Waals surface area contributed by atoms with Crippen LogP contribution in [0.5, 0.6) is 0 Å². The number of nitrogens with zero attached hydrogens (tertiary/aromatic N) is 2. The Bertz CT molecular complexity index is 1620. The summed E-state index contributed by atoms with van der Waals surface area (Å²) in [5.41, 5.74) is 7.28. The van der Waals surface area contributed by atoms with Crippen molar-refractivity contribution >= 4 is 23.1 Å². The van der Waals surface area contributed by atoms with Gasteiger partial charge in [0.2, 0.25) is 5.96 Å². The van der Waals surface area contributed by atoms with Crippen molar-refractivity contribution in [2.45, 2.75) is 79.2 Å². The quantitative estimate of drug-likeness (QED) is 0.101. The van der Waals surface area contributed by atoms with Gasteiger partial charge in [-0.25, -0.2) is 0 Å². The molecule has 3 aliphatic carbocycles. The van der Waals surface area contributed by atoms with Gasteiger partial charge < -0.3 is 5.32 Å². The van der Waals surface area contributed by atoms with E-state index in [2.05, 4.69) is 120 Å². The average Bonchev–Trinajstić information content (AvgIpc) is 3.47. The van der Waals surface area contributed by atoms with E-state index >= 15 is 0 Å². The first-order chi connectivity index (χ1) is 24.2. The van der Waals surface area contributed by atoms with Crippen LogP contribution in [0.4, 0.5) is 5.69 Å². The van der Waals surface area contributed by atoms with Crippen LogP contribution in [0.25, 0.3) is 5.57 Å². The predicted octanol–water partition coefficient (Wildman–Crippen LogP) is 12.4. The zero-order chi connectivity index (χ0) is 36.5. The van der Waals surface area contributed by atoms with Crippen molar-refractivity contribution in [3.05, 3.63) is 158 Å². The molecule has 0 saturated heterocycles. The van der Waals surface area contributed by atoms with Gasteiger partial charge in [-0.15, -0.1) is 13.2 Å². The van der Waals surface area contributed by atoms with E-state index in [0.29, 0.717) is 43.0 Å². The van der Waals surface area contributed by atoms with E-state index in [1.54, 1.807) is 11.6 Å². The second kappa shape index (κ2) is 20.1. The molecule has 3 unspecified atom stereocenters. The van der Waals surface area contributed by atoms with Crippen LogP contribution in [-0.4, -0.2) is 29.3 Å². The molecule has 0 spiro atoms. The first-order valence-electron chi connectivity index (χ1n) is 18.3. The van der Waals surface area contributed by atoms with Crippen molar-refractivity contribution in [3.8, 4) is 0 Å². The van der Waals surface area contributed by atoms with Crippen molar-refractivity contribution in [3.63, 3.8) is 0 Å². The third-order valence-corrected chi connectivity index (χ3v) is 9.42. The second-order valence-corrected chi connectivity index (χ2v) is 13.5. The molecule has 264 valence electrons. The van der Waals surface area contributed by atoms with Crippen LogP contribution in [0.2, 0.25) is 0 Å². The zero-order valence-corrected chi connectivity index (χ0v) is 31.3. The minimum absolute atomic E-state index is 0.0730. The fourth-order valence-corrected chi connectivity index (χ4v) is 7.02. The third-order valence-electron chi connectivity index (χ3n) is 9.42. The maximum Gasteiger partial charge on any atom is 0.204 e. The van der Waals surface area contributed by atoms with Crippen LogP contribution in [0.3, 0.4) is 0 Å². The highest BCUT2D eigenvalue weighted by atomic mass is 15.3. The number of amidine groups is 1. The number of hydrogen-bond acceptors (Lipinski definition) is 2. The van der Waals surface area contributed by atoms with Crippen LogP contribution >= 0.6 is 0 Å². The Balaban J connectivity index is 0.00000217. The van der Waals surface area contributed by atoms with Crippen LogP contribution < -0.4 is 5.32 Å². The smallest absolute Gasteiger partial charge is 0.204 e. The summed E-state index contributed by atoms with van der Waals surface area (Å²) in [7, 11) is 0. The van der Waals surface area contributed by atoms with E-state index in [0.717, 1.165) is 36.1 Å². The maximum atomic E-state index is 9.00. The number of guanidine groups is 1. The number of rotatable bonds is 12. The Morgan fingerprint density at radius 2 is 1.88 bits per heavy atom. The van der Waals surface area contributed by atoms with Gasteiger partial charge in [-0.05, 0) is 72.6 Å². The molecule has 3 atom stereocenters. The van der Waals surface area contributed by atoms with Gasteiger partial charge in [0.1, 0.15) is 5.84 Å². The number of nitrogens with one attached hydrogen (secondary N) is 2. The summed E-state index contributed by atoms with van der Waals surface area (Å²) in [6.07, 6.45) is 35.2. The van der Waals surface area contributed by atoms with Gasteiger partial charge in [-0.1, -0.05) is 156 Å². The van der Waals surface area contributed by atoms with Crippen LogP contribution in [0, 0.1) is 22.7 Å². The number of benzene rings is 1. The number of para-hydroxylation sites is 1. The third kappa shape index (κ3) is 10.2. The van der Waals surface area contributed by atoms with Crippen molar-refractivity contribution in [1.82, 2.24) is 4.90 Å². The first kappa shape index (κ1) is 39.7. The number of allylic oxidation sites excluding steroid dienone is 15. The highest BCUT2D eigenvalue weighted by Crippen LogP contribution is 2.53. The number of hydrogen-bond donors (Lipinski definition) is 2. The van der Waals surface area contributed by atoms with Crippen molar-refractivity contribution in [2.75, 3.05) is 11.9 Å². The Morgan fingerprint density at radius 1 is 1.12 bits per heavy atom. The summed E-state index contributed by atoms with van der Waals surface area (Å²) in [5.74, 6) is 1.84. The first-order valence-corrected chi connectivity index (χ1v) is 18.3. The molecule has 0 aliphatic heterocycles. The summed E-state index contributed by atoms with van der Waals surface area (Å²) in [5, 5.41) is 12.6. The van der Waals surface area contributed by atoms with E-state index in [1.165, 1.54) is 17.6 Å². The van der Waals surface area contributed by atoms with Gasteiger partial charge in [-0.3, -0.25) is 15.3 Å². The molecule has 3 aliphatic rings. The molecule has 50 heavy (non-hydrogen) atoms. The molecule has 1 aromatic rings. The molecular weight excluding hydrogens is 609 g/mol. The normalized spacial score (nSPS) is 20.0. The fraction of sp³-hybridized carbons (Fsp3) is 0.348. The maximum absolute atomic E-state index is 9.00. The molecule has 2 N–H and O–H groups in total. The molecule has 4 rings (SSSR count). The van der Waals surface area contributed by atoms with Gasteiger partial charge in [0.15, 0.2) is 0 Å². The SMILES string of the molecule is C=C/C=C\CC(=N)N(C(=NCC)Nc1ccccc1C(=C)/C=C\C1=CCC=CC2C1CC1=C(CC=CC=C1)C2(C)C)C(C=C)CC=C.CCC. The topological polar surface area (TPSA) is 51.5 Å². The zero-order valence-electron chi connectivity index (χ0n) is 31.3.